The number of anilines is 1. The van der Waals surface area contributed by atoms with Crippen LogP contribution >= 0.6 is 11.3 Å². The van der Waals surface area contributed by atoms with Gasteiger partial charge in [0.05, 0.1) is 6.04 Å². The monoisotopic (exact) mass is 301 g/mol. The summed E-state index contributed by atoms with van der Waals surface area (Å²) in [7, 11) is 1.87. The molecule has 3 aromatic heterocycles. The van der Waals surface area contributed by atoms with E-state index in [1.165, 1.54) is 4.88 Å². The molecule has 0 bridgehead atoms. The molecule has 1 atom stereocenters. The van der Waals surface area contributed by atoms with Crippen molar-refractivity contribution >= 4 is 28.8 Å². The minimum absolute atomic E-state index is 0.0630. The number of pyridine rings is 1. The first kappa shape index (κ1) is 13.6. The second kappa shape index (κ2) is 5.21. The normalized spacial score (nSPS) is 12.5. The summed E-state index contributed by atoms with van der Waals surface area (Å²) in [5, 5.41) is 11.5. The minimum atomic E-state index is -0.978. The van der Waals surface area contributed by atoms with E-state index < -0.39 is 5.97 Å². The Kier molecular flexibility index (Phi) is 3.39. The Labute approximate surface area is 126 Å². The molecule has 108 valence electrons. The molecule has 3 rings (SSSR count). The fourth-order valence-corrected chi connectivity index (χ4v) is 3.16. The summed E-state index contributed by atoms with van der Waals surface area (Å²) in [5.74, 6) is -0.497. The van der Waals surface area contributed by atoms with Gasteiger partial charge in [0.15, 0.2) is 11.5 Å². The summed E-state index contributed by atoms with van der Waals surface area (Å²) < 4.78 is 1.61. The Balaban J connectivity index is 2.11. The highest BCUT2D eigenvalue weighted by Gasteiger charge is 2.24. The molecule has 0 aliphatic rings. The number of carboxylic acids is 1. The number of hydrogen-bond acceptors (Lipinski definition) is 4. The maximum absolute atomic E-state index is 11.6. The van der Waals surface area contributed by atoms with E-state index in [-0.39, 0.29) is 11.7 Å². The quantitative estimate of drug-likeness (QED) is 0.803. The SMILES string of the molecule is CC(c1cccs1)N(C)c1nc2ccccn2c1C(=O)O. The molecule has 3 heterocycles. The van der Waals surface area contributed by atoms with Crippen molar-refractivity contribution in [2.24, 2.45) is 0 Å². The standard InChI is InChI=1S/C15H15N3O2S/c1-10(11-6-5-9-21-11)17(2)14-13(15(19)20)18-8-4-3-7-12(18)16-14/h3-10H,1-2H3,(H,19,20). The molecule has 0 spiro atoms. The molecule has 1 N–H and O–H groups in total. The van der Waals surface area contributed by atoms with Gasteiger partial charge in [-0.1, -0.05) is 12.1 Å². The van der Waals surface area contributed by atoms with Gasteiger partial charge in [-0.3, -0.25) is 4.40 Å². The van der Waals surface area contributed by atoms with Crippen molar-refractivity contribution in [2.45, 2.75) is 13.0 Å². The Morgan fingerprint density at radius 1 is 1.38 bits per heavy atom. The van der Waals surface area contributed by atoms with Gasteiger partial charge in [0, 0.05) is 18.1 Å². The molecule has 0 saturated carbocycles. The molecule has 0 aliphatic carbocycles. The Morgan fingerprint density at radius 2 is 2.19 bits per heavy atom. The summed E-state index contributed by atoms with van der Waals surface area (Å²) in [6.07, 6.45) is 1.72. The molecule has 0 radical (unpaired) electrons. The summed E-state index contributed by atoms with van der Waals surface area (Å²) in [6.45, 7) is 2.04. The van der Waals surface area contributed by atoms with E-state index in [1.807, 2.05) is 42.5 Å². The Morgan fingerprint density at radius 3 is 2.86 bits per heavy atom. The number of aromatic carboxylic acids is 1. The first-order valence-electron chi connectivity index (χ1n) is 6.56. The number of aromatic nitrogens is 2. The maximum atomic E-state index is 11.6. The van der Waals surface area contributed by atoms with Gasteiger partial charge in [0.25, 0.3) is 0 Å². The van der Waals surface area contributed by atoms with E-state index in [9.17, 15) is 9.90 Å². The molecule has 1 unspecified atom stereocenters. The molecule has 3 aromatic rings. The van der Waals surface area contributed by atoms with Crippen LogP contribution in [-0.2, 0) is 0 Å². The van der Waals surface area contributed by atoms with Crippen LogP contribution in [0.2, 0.25) is 0 Å². The van der Waals surface area contributed by atoms with Crippen molar-refractivity contribution in [3.05, 3.63) is 52.5 Å². The van der Waals surface area contributed by atoms with Gasteiger partial charge in [-0.05, 0) is 30.5 Å². The van der Waals surface area contributed by atoms with Crippen LogP contribution in [-0.4, -0.2) is 27.5 Å². The average Bonchev–Trinajstić information content (AvgIpc) is 3.12. The highest BCUT2D eigenvalue weighted by molar-refractivity contribution is 7.10. The topological polar surface area (TPSA) is 57.8 Å². The fourth-order valence-electron chi connectivity index (χ4n) is 2.33. The van der Waals surface area contributed by atoms with Crippen LogP contribution in [0, 0.1) is 0 Å². The molecular weight excluding hydrogens is 286 g/mol. The number of hydrogen-bond donors (Lipinski definition) is 1. The number of carboxylic acid groups (broad SMARTS) is 1. The number of fused-ring (bicyclic) bond motifs is 1. The zero-order valence-electron chi connectivity index (χ0n) is 11.7. The first-order chi connectivity index (χ1) is 10.1. The van der Waals surface area contributed by atoms with Crippen LogP contribution in [0.25, 0.3) is 5.65 Å². The number of nitrogens with zero attached hydrogens (tertiary/aromatic N) is 3. The summed E-state index contributed by atoms with van der Waals surface area (Å²) in [6, 6.07) is 9.55. The summed E-state index contributed by atoms with van der Waals surface area (Å²) in [5.41, 5.74) is 0.826. The van der Waals surface area contributed by atoms with E-state index in [2.05, 4.69) is 4.98 Å². The second-order valence-electron chi connectivity index (χ2n) is 4.82. The van der Waals surface area contributed by atoms with Crippen LogP contribution in [0.3, 0.4) is 0 Å². The predicted molar refractivity (Wildman–Crippen MR) is 83.3 cm³/mol. The first-order valence-corrected chi connectivity index (χ1v) is 7.44. The number of imidazole rings is 1. The zero-order valence-corrected chi connectivity index (χ0v) is 12.5. The molecular formula is C15H15N3O2S. The number of thiophene rings is 1. The maximum Gasteiger partial charge on any atom is 0.356 e. The van der Waals surface area contributed by atoms with Crippen LogP contribution in [0.4, 0.5) is 5.82 Å². The number of rotatable bonds is 4. The van der Waals surface area contributed by atoms with E-state index in [4.69, 9.17) is 0 Å². The summed E-state index contributed by atoms with van der Waals surface area (Å²) >= 11 is 1.65. The van der Waals surface area contributed by atoms with Crippen molar-refractivity contribution in [1.29, 1.82) is 0 Å². The lowest BCUT2D eigenvalue weighted by Crippen LogP contribution is -2.23. The number of carbonyl (C=O) groups is 1. The molecule has 0 amide bonds. The third-order valence-electron chi connectivity index (χ3n) is 3.58. The van der Waals surface area contributed by atoms with Gasteiger partial charge < -0.3 is 10.0 Å². The van der Waals surface area contributed by atoms with E-state index >= 15 is 0 Å². The lowest BCUT2D eigenvalue weighted by atomic mass is 10.2. The Hall–Kier alpha value is -2.34. The van der Waals surface area contributed by atoms with E-state index in [0.29, 0.717) is 11.5 Å². The van der Waals surface area contributed by atoms with Crippen molar-refractivity contribution < 1.29 is 9.90 Å². The highest BCUT2D eigenvalue weighted by atomic mass is 32.1. The van der Waals surface area contributed by atoms with Crippen molar-refractivity contribution in [3.8, 4) is 0 Å². The van der Waals surface area contributed by atoms with E-state index in [1.54, 1.807) is 34.1 Å². The van der Waals surface area contributed by atoms with Gasteiger partial charge in [-0.15, -0.1) is 11.3 Å². The van der Waals surface area contributed by atoms with Crippen LogP contribution in [0.1, 0.15) is 28.3 Å². The lowest BCUT2D eigenvalue weighted by molar-refractivity contribution is 0.0690. The van der Waals surface area contributed by atoms with Crippen molar-refractivity contribution in [1.82, 2.24) is 9.38 Å². The fraction of sp³-hybridized carbons (Fsp3) is 0.200. The smallest absolute Gasteiger partial charge is 0.356 e. The highest BCUT2D eigenvalue weighted by Crippen LogP contribution is 2.30. The Bertz CT molecular complexity index is 779. The van der Waals surface area contributed by atoms with Gasteiger partial charge in [0.2, 0.25) is 0 Å². The third kappa shape index (κ3) is 2.27. The zero-order chi connectivity index (χ0) is 15.0. The van der Waals surface area contributed by atoms with Gasteiger partial charge >= 0.3 is 5.97 Å². The van der Waals surface area contributed by atoms with Crippen LogP contribution < -0.4 is 4.90 Å². The van der Waals surface area contributed by atoms with Crippen molar-refractivity contribution in [3.63, 3.8) is 0 Å². The van der Waals surface area contributed by atoms with Gasteiger partial charge in [-0.25, -0.2) is 9.78 Å². The van der Waals surface area contributed by atoms with E-state index in [0.717, 1.165) is 0 Å². The van der Waals surface area contributed by atoms with Crippen molar-refractivity contribution in [2.75, 3.05) is 11.9 Å². The molecule has 5 nitrogen and oxygen atoms in total. The third-order valence-corrected chi connectivity index (χ3v) is 4.63. The molecule has 21 heavy (non-hydrogen) atoms. The average molecular weight is 301 g/mol. The molecule has 0 aromatic carbocycles. The van der Waals surface area contributed by atoms with Gasteiger partial charge in [-0.2, -0.15) is 0 Å². The van der Waals surface area contributed by atoms with Gasteiger partial charge in [0.1, 0.15) is 5.65 Å². The molecule has 6 heteroatoms. The minimum Gasteiger partial charge on any atom is -0.476 e. The summed E-state index contributed by atoms with van der Waals surface area (Å²) in [4.78, 5) is 19.2. The molecule has 0 aliphatic heterocycles. The van der Waals surface area contributed by atoms with Crippen LogP contribution in [0.5, 0.6) is 0 Å². The largest absolute Gasteiger partial charge is 0.476 e. The van der Waals surface area contributed by atoms with Crippen LogP contribution in [0.15, 0.2) is 41.9 Å². The second-order valence-corrected chi connectivity index (χ2v) is 5.80. The lowest BCUT2D eigenvalue weighted by Gasteiger charge is -2.24. The molecule has 0 saturated heterocycles. The molecule has 0 fully saturated rings. The predicted octanol–water partition coefficient (Wildman–Crippen LogP) is 3.29.